The van der Waals surface area contributed by atoms with E-state index in [1.54, 1.807) is 12.1 Å². The summed E-state index contributed by atoms with van der Waals surface area (Å²) in [5.74, 6) is -1.17. The lowest BCUT2D eigenvalue weighted by atomic mass is 10.1. The fourth-order valence-electron chi connectivity index (χ4n) is 2.74. The van der Waals surface area contributed by atoms with Crippen molar-refractivity contribution >= 4 is 23.2 Å². The van der Waals surface area contributed by atoms with E-state index >= 15 is 0 Å². The van der Waals surface area contributed by atoms with E-state index in [1.807, 2.05) is 19.1 Å². The summed E-state index contributed by atoms with van der Waals surface area (Å²) in [6, 6.07) is 17.7. The molecule has 3 aromatic carbocycles. The minimum absolute atomic E-state index is 0.0689. The van der Waals surface area contributed by atoms with Crippen LogP contribution in [0, 0.1) is 6.92 Å². The van der Waals surface area contributed by atoms with Crippen molar-refractivity contribution in [3.05, 3.63) is 95.1 Å². The van der Waals surface area contributed by atoms with E-state index in [0.29, 0.717) is 5.69 Å². The highest BCUT2D eigenvalue weighted by Crippen LogP contribution is 2.34. The zero-order valence-corrected chi connectivity index (χ0v) is 15.4. The van der Waals surface area contributed by atoms with Crippen LogP contribution in [0.5, 0.6) is 0 Å². The SMILES string of the molecule is Cc1ccccc1NC(=O)c1cccc(C(=O)Nc2ccccc2C(F)(F)F)c1. The number of carbonyl (C=O) groups excluding carboxylic acids is 2. The van der Waals surface area contributed by atoms with Crippen LogP contribution in [0.3, 0.4) is 0 Å². The number of aryl methyl sites for hydroxylation is 1. The van der Waals surface area contributed by atoms with Gasteiger partial charge >= 0.3 is 6.18 Å². The van der Waals surface area contributed by atoms with Crippen molar-refractivity contribution in [3.63, 3.8) is 0 Å². The number of hydrogen-bond donors (Lipinski definition) is 2. The Morgan fingerprint density at radius 1 is 0.724 bits per heavy atom. The molecule has 0 fully saturated rings. The summed E-state index contributed by atoms with van der Waals surface area (Å²) in [4.78, 5) is 25.0. The predicted molar refractivity (Wildman–Crippen MR) is 105 cm³/mol. The van der Waals surface area contributed by atoms with E-state index in [1.165, 1.54) is 42.5 Å². The fraction of sp³-hybridized carbons (Fsp3) is 0.0909. The summed E-state index contributed by atoms with van der Waals surface area (Å²) in [6.07, 6.45) is -4.60. The molecule has 0 aliphatic carbocycles. The van der Waals surface area contributed by atoms with Crippen molar-refractivity contribution in [2.75, 3.05) is 10.6 Å². The van der Waals surface area contributed by atoms with Crippen molar-refractivity contribution < 1.29 is 22.8 Å². The summed E-state index contributed by atoms with van der Waals surface area (Å²) in [6.45, 7) is 1.84. The topological polar surface area (TPSA) is 58.2 Å². The first-order valence-electron chi connectivity index (χ1n) is 8.70. The summed E-state index contributed by atoms with van der Waals surface area (Å²) in [5.41, 5.74) is 0.496. The van der Waals surface area contributed by atoms with Crippen LogP contribution in [-0.2, 0) is 6.18 Å². The van der Waals surface area contributed by atoms with Crippen LogP contribution in [-0.4, -0.2) is 11.8 Å². The standard InChI is InChI=1S/C22H17F3N2O2/c1-14-7-2-4-11-18(14)26-20(28)15-8-6-9-16(13-15)21(29)27-19-12-5-3-10-17(19)22(23,24)25/h2-13H,1H3,(H,26,28)(H,27,29). The number of benzene rings is 3. The van der Waals surface area contributed by atoms with E-state index in [4.69, 9.17) is 0 Å². The van der Waals surface area contributed by atoms with Gasteiger partial charge in [0.15, 0.2) is 0 Å². The highest BCUT2D eigenvalue weighted by molar-refractivity contribution is 6.09. The molecule has 0 saturated heterocycles. The number of anilines is 2. The molecule has 3 aromatic rings. The second-order valence-corrected chi connectivity index (χ2v) is 6.35. The number of rotatable bonds is 4. The van der Waals surface area contributed by atoms with Crippen LogP contribution in [0.1, 0.15) is 31.8 Å². The maximum absolute atomic E-state index is 13.1. The van der Waals surface area contributed by atoms with Gasteiger partial charge in [-0.25, -0.2) is 0 Å². The molecule has 0 spiro atoms. The second kappa shape index (κ2) is 8.18. The monoisotopic (exact) mass is 398 g/mol. The largest absolute Gasteiger partial charge is 0.418 e. The molecule has 2 N–H and O–H groups in total. The lowest BCUT2D eigenvalue weighted by molar-refractivity contribution is -0.136. The first-order valence-corrected chi connectivity index (χ1v) is 8.70. The maximum atomic E-state index is 13.1. The molecular weight excluding hydrogens is 381 g/mol. The third kappa shape index (κ3) is 4.82. The zero-order chi connectivity index (χ0) is 21.0. The van der Waals surface area contributed by atoms with E-state index < -0.39 is 23.6 Å². The Balaban J connectivity index is 1.80. The van der Waals surface area contributed by atoms with Crippen molar-refractivity contribution in [3.8, 4) is 0 Å². The minimum atomic E-state index is -4.60. The minimum Gasteiger partial charge on any atom is -0.322 e. The highest BCUT2D eigenvalue weighted by Gasteiger charge is 2.33. The number of carbonyl (C=O) groups is 2. The first kappa shape index (κ1) is 20.1. The van der Waals surface area contributed by atoms with E-state index in [-0.39, 0.29) is 16.8 Å². The average Bonchev–Trinajstić information content (AvgIpc) is 2.69. The molecule has 0 aromatic heterocycles. The molecule has 29 heavy (non-hydrogen) atoms. The Kier molecular flexibility index (Phi) is 5.68. The van der Waals surface area contributed by atoms with Crippen molar-refractivity contribution in [2.45, 2.75) is 13.1 Å². The number of para-hydroxylation sites is 2. The van der Waals surface area contributed by atoms with Crippen LogP contribution in [0.25, 0.3) is 0 Å². The molecule has 0 saturated carbocycles. The third-order valence-corrected chi connectivity index (χ3v) is 4.26. The predicted octanol–water partition coefficient (Wildman–Crippen LogP) is 5.52. The average molecular weight is 398 g/mol. The van der Waals surface area contributed by atoms with Gasteiger partial charge in [-0.05, 0) is 48.9 Å². The molecule has 0 aliphatic heterocycles. The number of halogens is 3. The smallest absolute Gasteiger partial charge is 0.322 e. The molecule has 4 nitrogen and oxygen atoms in total. The van der Waals surface area contributed by atoms with Gasteiger partial charge < -0.3 is 10.6 Å². The summed E-state index contributed by atoms with van der Waals surface area (Å²) in [7, 11) is 0. The Hall–Kier alpha value is -3.61. The summed E-state index contributed by atoms with van der Waals surface area (Å²) in [5, 5.41) is 5.02. The van der Waals surface area contributed by atoms with Gasteiger partial charge in [0.25, 0.3) is 11.8 Å². The molecule has 0 heterocycles. The molecule has 2 amide bonds. The summed E-state index contributed by atoms with van der Waals surface area (Å²) >= 11 is 0. The van der Waals surface area contributed by atoms with E-state index in [0.717, 1.165) is 11.6 Å². The Morgan fingerprint density at radius 3 is 1.83 bits per heavy atom. The Bertz CT molecular complexity index is 1060. The quantitative estimate of drug-likeness (QED) is 0.608. The molecule has 3 rings (SSSR count). The number of hydrogen-bond acceptors (Lipinski definition) is 2. The van der Waals surface area contributed by atoms with Crippen LogP contribution in [0.4, 0.5) is 24.5 Å². The van der Waals surface area contributed by atoms with Gasteiger partial charge in [0.2, 0.25) is 0 Å². The van der Waals surface area contributed by atoms with Gasteiger partial charge in [0, 0.05) is 16.8 Å². The van der Waals surface area contributed by atoms with Gasteiger partial charge in [0.05, 0.1) is 11.3 Å². The fourth-order valence-corrected chi connectivity index (χ4v) is 2.74. The summed E-state index contributed by atoms with van der Waals surface area (Å²) < 4.78 is 39.3. The van der Waals surface area contributed by atoms with Gasteiger partial charge in [-0.2, -0.15) is 13.2 Å². The van der Waals surface area contributed by atoms with Crippen LogP contribution in [0.2, 0.25) is 0 Å². The van der Waals surface area contributed by atoms with E-state index in [2.05, 4.69) is 10.6 Å². The van der Waals surface area contributed by atoms with Crippen molar-refractivity contribution in [2.24, 2.45) is 0 Å². The van der Waals surface area contributed by atoms with Crippen LogP contribution in [0.15, 0.2) is 72.8 Å². The van der Waals surface area contributed by atoms with Crippen molar-refractivity contribution in [1.82, 2.24) is 0 Å². The number of nitrogens with one attached hydrogen (secondary N) is 2. The third-order valence-electron chi connectivity index (χ3n) is 4.26. The molecule has 0 atom stereocenters. The van der Waals surface area contributed by atoms with Gasteiger partial charge in [-0.1, -0.05) is 36.4 Å². The number of alkyl halides is 3. The Morgan fingerprint density at radius 2 is 1.24 bits per heavy atom. The molecular formula is C22H17F3N2O2. The molecule has 0 radical (unpaired) electrons. The first-order chi connectivity index (χ1) is 13.8. The molecule has 0 unspecified atom stereocenters. The lowest BCUT2D eigenvalue weighted by Crippen LogP contribution is -2.18. The highest BCUT2D eigenvalue weighted by atomic mass is 19.4. The van der Waals surface area contributed by atoms with Gasteiger partial charge in [0.1, 0.15) is 0 Å². The maximum Gasteiger partial charge on any atom is 0.418 e. The van der Waals surface area contributed by atoms with Crippen LogP contribution < -0.4 is 10.6 Å². The van der Waals surface area contributed by atoms with Crippen molar-refractivity contribution in [1.29, 1.82) is 0 Å². The van der Waals surface area contributed by atoms with Gasteiger partial charge in [-0.3, -0.25) is 9.59 Å². The van der Waals surface area contributed by atoms with Crippen LogP contribution >= 0.6 is 0 Å². The lowest BCUT2D eigenvalue weighted by Gasteiger charge is -2.14. The molecule has 148 valence electrons. The van der Waals surface area contributed by atoms with Gasteiger partial charge in [-0.15, -0.1) is 0 Å². The molecule has 0 bridgehead atoms. The van der Waals surface area contributed by atoms with E-state index in [9.17, 15) is 22.8 Å². The zero-order valence-electron chi connectivity index (χ0n) is 15.4. The Labute approximate surface area is 165 Å². The molecule has 7 heteroatoms. The second-order valence-electron chi connectivity index (χ2n) is 6.35. The molecule has 0 aliphatic rings. The normalized spacial score (nSPS) is 11.0. The number of amides is 2.